The van der Waals surface area contributed by atoms with E-state index in [4.69, 9.17) is 4.74 Å². The van der Waals surface area contributed by atoms with Crippen LogP contribution >= 0.6 is 0 Å². The number of benzene rings is 2. The van der Waals surface area contributed by atoms with Crippen LogP contribution in [0.3, 0.4) is 0 Å². The molecule has 1 heterocycles. The fourth-order valence-electron chi connectivity index (χ4n) is 2.31. The molecule has 1 aromatic heterocycles. The van der Waals surface area contributed by atoms with Crippen LogP contribution in [0.2, 0.25) is 0 Å². The Morgan fingerprint density at radius 1 is 1.19 bits per heavy atom. The fraction of sp³-hybridized carbons (Fsp3) is 0.125. The largest absolute Gasteiger partial charge is 0.507 e. The molecule has 0 bridgehead atoms. The Labute approximate surface area is 121 Å². The van der Waals surface area contributed by atoms with Gasteiger partial charge in [0.25, 0.3) is 0 Å². The molecule has 5 heteroatoms. The number of rotatable bonds is 3. The molecule has 0 aliphatic carbocycles. The number of carbonyl (C=O) groups is 1. The molecule has 3 rings (SSSR count). The molecule has 2 aromatic carbocycles. The first kappa shape index (κ1) is 13.2. The maximum absolute atomic E-state index is 11.5. The minimum Gasteiger partial charge on any atom is -0.507 e. The van der Waals surface area contributed by atoms with Crippen LogP contribution in [0, 0.1) is 0 Å². The molecule has 0 spiro atoms. The summed E-state index contributed by atoms with van der Waals surface area (Å²) < 4.78 is 6.28. The van der Waals surface area contributed by atoms with E-state index in [2.05, 4.69) is 5.10 Å². The van der Waals surface area contributed by atoms with Gasteiger partial charge in [0, 0.05) is 10.9 Å². The van der Waals surface area contributed by atoms with E-state index < -0.39 is 0 Å². The monoisotopic (exact) mass is 282 g/mol. The number of nitrogens with zero attached hydrogens (tertiary/aromatic N) is 2. The highest BCUT2D eigenvalue weighted by molar-refractivity contribution is 5.95. The van der Waals surface area contributed by atoms with Crippen molar-refractivity contribution in [3.8, 4) is 17.0 Å². The molecule has 3 aromatic rings. The summed E-state index contributed by atoms with van der Waals surface area (Å²) >= 11 is 0. The zero-order valence-corrected chi connectivity index (χ0v) is 11.5. The first-order valence-electron chi connectivity index (χ1n) is 6.51. The van der Waals surface area contributed by atoms with Crippen molar-refractivity contribution in [1.82, 2.24) is 9.78 Å². The Balaban J connectivity index is 2.20. The van der Waals surface area contributed by atoms with E-state index in [1.165, 1.54) is 7.11 Å². The van der Waals surface area contributed by atoms with E-state index >= 15 is 0 Å². The molecular weight excluding hydrogens is 268 g/mol. The first-order valence-corrected chi connectivity index (χ1v) is 6.51. The van der Waals surface area contributed by atoms with Gasteiger partial charge in [-0.15, -0.1) is 0 Å². The molecule has 0 radical (unpaired) electrons. The van der Waals surface area contributed by atoms with Gasteiger partial charge in [0.15, 0.2) is 0 Å². The molecule has 0 aliphatic rings. The summed E-state index contributed by atoms with van der Waals surface area (Å²) in [6, 6.07) is 14.6. The summed E-state index contributed by atoms with van der Waals surface area (Å²) in [7, 11) is 1.35. The molecule has 21 heavy (non-hydrogen) atoms. The summed E-state index contributed by atoms with van der Waals surface area (Å²) in [5.74, 6) is -0.210. The number of aromatic hydroxyl groups is 1. The van der Waals surface area contributed by atoms with Gasteiger partial charge in [-0.05, 0) is 18.2 Å². The number of phenolic OH excluding ortho intramolecular Hbond substituents is 1. The average Bonchev–Trinajstić information content (AvgIpc) is 2.86. The van der Waals surface area contributed by atoms with Crippen molar-refractivity contribution < 1.29 is 14.6 Å². The molecule has 0 atom stereocenters. The van der Waals surface area contributed by atoms with Crippen LogP contribution in [0.1, 0.15) is 0 Å². The van der Waals surface area contributed by atoms with E-state index in [9.17, 15) is 9.90 Å². The number of hydrogen-bond acceptors (Lipinski definition) is 4. The van der Waals surface area contributed by atoms with Crippen molar-refractivity contribution in [2.75, 3.05) is 7.11 Å². The van der Waals surface area contributed by atoms with Crippen LogP contribution in [0.5, 0.6) is 5.75 Å². The molecule has 106 valence electrons. The lowest BCUT2D eigenvalue weighted by Crippen LogP contribution is -2.12. The number of para-hydroxylation sites is 2. The number of ether oxygens (including phenoxy) is 1. The molecule has 1 N–H and O–H groups in total. The molecule has 0 saturated heterocycles. The van der Waals surface area contributed by atoms with Gasteiger partial charge in [0.1, 0.15) is 18.0 Å². The maximum Gasteiger partial charge on any atom is 0.327 e. The van der Waals surface area contributed by atoms with Gasteiger partial charge in [0.2, 0.25) is 0 Å². The van der Waals surface area contributed by atoms with Crippen molar-refractivity contribution in [1.29, 1.82) is 0 Å². The van der Waals surface area contributed by atoms with Crippen LogP contribution in [0.15, 0.2) is 48.5 Å². The summed E-state index contributed by atoms with van der Waals surface area (Å²) in [5, 5.41) is 15.4. The topological polar surface area (TPSA) is 64.4 Å². The minimum atomic E-state index is -0.368. The minimum absolute atomic E-state index is 0.0324. The van der Waals surface area contributed by atoms with Gasteiger partial charge < -0.3 is 9.84 Å². The van der Waals surface area contributed by atoms with Crippen molar-refractivity contribution in [2.24, 2.45) is 0 Å². The Hall–Kier alpha value is -2.82. The molecule has 0 fully saturated rings. The van der Waals surface area contributed by atoms with Crippen LogP contribution in [0.4, 0.5) is 0 Å². The zero-order chi connectivity index (χ0) is 14.8. The third-order valence-electron chi connectivity index (χ3n) is 3.32. The zero-order valence-electron chi connectivity index (χ0n) is 11.5. The summed E-state index contributed by atoms with van der Waals surface area (Å²) in [5.41, 5.74) is 2.10. The Bertz CT molecular complexity index is 808. The molecule has 0 amide bonds. The standard InChI is InChI=1S/C16H14N2O3/c1-21-15(20)10-18-13-8-4-2-6-11(13)16(17-18)12-7-3-5-9-14(12)19/h2-9,19H,10H2,1H3. The summed E-state index contributed by atoms with van der Waals surface area (Å²) in [4.78, 5) is 11.5. The lowest BCUT2D eigenvalue weighted by molar-refractivity contribution is -0.141. The second-order valence-electron chi connectivity index (χ2n) is 4.62. The normalized spacial score (nSPS) is 10.7. The Morgan fingerprint density at radius 3 is 2.67 bits per heavy atom. The second-order valence-corrected chi connectivity index (χ2v) is 4.62. The smallest absolute Gasteiger partial charge is 0.327 e. The van der Waals surface area contributed by atoms with Gasteiger partial charge in [-0.1, -0.05) is 30.3 Å². The number of aromatic nitrogens is 2. The SMILES string of the molecule is COC(=O)Cn1nc(-c2ccccc2O)c2ccccc21. The third kappa shape index (κ3) is 2.33. The third-order valence-corrected chi connectivity index (χ3v) is 3.32. The van der Waals surface area contributed by atoms with Crippen molar-refractivity contribution in [3.63, 3.8) is 0 Å². The van der Waals surface area contributed by atoms with Gasteiger partial charge in [-0.3, -0.25) is 9.48 Å². The molecule has 0 aliphatic heterocycles. The molecule has 0 unspecified atom stereocenters. The predicted octanol–water partition coefficient (Wildman–Crippen LogP) is 2.58. The number of methoxy groups -OCH3 is 1. The fourth-order valence-corrected chi connectivity index (χ4v) is 2.31. The predicted molar refractivity (Wildman–Crippen MR) is 78.8 cm³/mol. The van der Waals surface area contributed by atoms with E-state index in [0.717, 1.165) is 10.9 Å². The number of esters is 1. The highest BCUT2D eigenvalue weighted by Gasteiger charge is 2.16. The maximum atomic E-state index is 11.5. The second kappa shape index (κ2) is 5.28. The molecule has 5 nitrogen and oxygen atoms in total. The van der Waals surface area contributed by atoms with Gasteiger partial charge in [0.05, 0.1) is 12.6 Å². The van der Waals surface area contributed by atoms with Crippen molar-refractivity contribution in [2.45, 2.75) is 6.54 Å². The number of phenols is 1. The Morgan fingerprint density at radius 2 is 1.90 bits per heavy atom. The summed E-state index contributed by atoms with van der Waals surface area (Å²) in [6.07, 6.45) is 0. The van der Waals surface area contributed by atoms with E-state index in [1.54, 1.807) is 22.9 Å². The highest BCUT2D eigenvalue weighted by atomic mass is 16.5. The summed E-state index contributed by atoms with van der Waals surface area (Å²) in [6.45, 7) is 0.0324. The van der Waals surface area contributed by atoms with Crippen LogP contribution in [0.25, 0.3) is 22.2 Å². The van der Waals surface area contributed by atoms with Crippen LogP contribution < -0.4 is 0 Å². The van der Waals surface area contributed by atoms with Gasteiger partial charge >= 0.3 is 5.97 Å². The average molecular weight is 282 g/mol. The van der Waals surface area contributed by atoms with Crippen LogP contribution in [-0.4, -0.2) is 28.0 Å². The lowest BCUT2D eigenvalue weighted by Gasteiger charge is -2.01. The van der Waals surface area contributed by atoms with Crippen molar-refractivity contribution >= 4 is 16.9 Å². The van der Waals surface area contributed by atoms with Gasteiger partial charge in [-0.2, -0.15) is 5.10 Å². The van der Waals surface area contributed by atoms with E-state index in [1.807, 2.05) is 30.3 Å². The number of carbonyl (C=O) groups excluding carboxylic acids is 1. The first-order chi connectivity index (χ1) is 10.2. The van der Waals surface area contributed by atoms with E-state index in [0.29, 0.717) is 11.3 Å². The quantitative estimate of drug-likeness (QED) is 0.750. The Kier molecular flexibility index (Phi) is 3.31. The van der Waals surface area contributed by atoms with E-state index in [-0.39, 0.29) is 18.3 Å². The number of hydrogen-bond donors (Lipinski definition) is 1. The van der Waals surface area contributed by atoms with Gasteiger partial charge in [-0.25, -0.2) is 0 Å². The molecule has 0 saturated carbocycles. The highest BCUT2D eigenvalue weighted by Crippen LogP contribution is 2.33. The molecular formula is C16H14N2O3. The van der Waals surface area contributed by atoms with Crippen molar-refractivity contribution in [3.05, 3.63) is 48.5 Å². The van der Waals surface area contributed by atoms with Crippen LogP contribution in [-0.2, 0) is 16.1 Å². The number of fused-ring (bicyclic) bond motifs is 1. The lowest BCUT2D eigenvalue weighted by atomic mass is 10.1.